The topological polar surface area (TPSA) is 106 Å². The summed E-state index contributed by atoms with van der Waals surface area (Å²) < 4.78 is 5.24. The molecule has 0 saturated heterocycles. The molecule has 0 radical (unpaired) electrons. The molecule has 1 heterocycles. The predicted octanol–water partition coefficient (Wildman–Crippen LogP) is 1.17. The highest BCUT2D eigenvalue weighted by Gasteiger charge is 2.17. The van der Waals surface area contributed by atoms with Crippen molar-refractivity contribution in [3.8, 4) is 0 Å². The van der Waals surface area contributed by atoms with Crippen LogP contribution in [0.1, 0.15) is 6.42 Å². The number of hydrogen-bond donors (Lipinski definition) is 3. The van der Waals surface area contributed by atoms with Gasteiger partial charge in [-0.05, 0) is 12.1 Å². The van der Waals surface area contributed by atoms with Crippen LogP contribution in [0.15, 0.2) is 34.9 Å². The zero-order valence-corrected chi connectivity index (χ0v) is 9.42. The molecule has 6 nitrogen and oxygen atoms in total. The molecule has 1 aromatic heterocycles. The molecule has 0 bridgehead atoms. The van der Waals surface area contributed by atoms with Gasteiger partial charge in [0.05, 0.1) is 12.1 Å². The minimum Gasteiger partial charge on any atom is -0.480 e. The molecule has 0 aliphatic rings. The molecule has 1 atom stereocenters. The molecule has 0 saturated carbocycles. The summed E-state index contributed by atoms with van der Waals surface area (Å²) >= 11 is 0. The van der Waals surface area contributed by atoms with Crippen LogP contribution in [0.2, 0.25) is 0 Å². The maximum Gasteiger partial charge on any atom is 0.321 e. The van der Waals surface area contributed by atoms with E-state index in [1.807, 2.05) is 12.1 Å². The minimum absolute atomic E-state index is 0.283. The van der Waals surface area contributed by atoms with Gasteiger partial charge in [0, 0.05) is 5.39 Å². The zero-order chi connectivity index (χ0) is 13.1. The number of furan rings is 1. The first kappa shape index (κ1) is 12.1. The number of nitrogens with one attached hydrogen (secondary N) is 1. The molecule has 1 unspecified atom stereocenters. The molecule has 0 spiro atoms. The van der Waals surface area contributed by atoms with Crippen molar-refractivity contribution in [2.45, 2.75) is 12.5 Å². The summed E-state index contributed by atoms with van der Waals surface area (Å²) in [6.07, 6.45) is 1.13. The minimum atomic E-state index is -1.21. The van der Waals surface area contributed by atoms with Crippen molar-refractivity contribution in [2.24, 2.45) is 5.73 Å². The Kier molecular flexibility index (Phi) is 3.29. The van der Waals surface area contributed by atoms with Crippen LogP contribution in [0.4, 0.5) is 5.69 Å². The average molecular weight is 248 g/mol. The Morgan fingerprint density at radius 2 is 2.11 bits per heavy atom. The van der Waals surface area contributed by atoms with E-state index in [4.69, 9.17) is 15.3 Å². The van der Waals surface area contributed by atoms with Crippen LogP contribution in [-0.4, -0.2) is 23.0 Å². The van der Waals surface area contributed by atoms with Crippen LogP contribution >= 0.6 is 0 Å². The third-order valence-electron chi connectivity index (χ3n) is 2.48. The van der Waals surface area contributed by atoms with Crippen LogP contribution in [0.5, 0.6) is 0 Å². The lowest BCUT2D eigenvalue weighted by Gasteiger charge is -2.06. The molecule has 2 rings (SSSR count). The Hall–Kier alpha value is -2.34. The second-order valence-electron chi connectivity index (χ2n) is 3.84. The zero-order valence-electron chi connectivity index (χ0n) is 9.42. The van der Waals surface area contributed by atoms with Crippen LogP contribution in [0, 0.1) is 0 Å². The summed E-state index contributed by atoms with van der Waals surface area (Å²) in [5.41, 5.74) is 6.43. The van der Waals surface area contributed by atoms with Gasteiger partial charge in [-0.3, -0.25) is 9.59 Å². The Bertz CT molecular complexity index is 591. The van der Waals surface area contributed by atoms with E-state index in [2.05, 4.69) is 5.32 Å². The van der Waals surface area contributed by atoms with E-state index in [9.17, 15) is 9.59 Å². The van der Waals surface area contributed by atoms with Crippen molar-refractivity contribution >= 4 is 28.5 Å². The van der Waals surface area contributed by atoms with Crippen LogP contribution < -0.4 is 11.1 Å². The SMILES string of the molecule is NC(CC(=O)Nc1coc2ccccc12)C(=O)O. The van der Waals surface area contributed by atoms with E-state index < -0.39 is 17.9 Å². The summed E-state index contributed by atoms with van der Waals surface area (Å²) in [5, 5.41) is 11.9. The molecular formula is C12H12N2O4. The lowest BCUT2D eigenvalue weighted by molar-refractivity contribution is -0.140. The number of amides is 1. The van der Waals surface area contributed by atoms with Crippen LogP contribution in [-0.2, 0) is 9.59 Å². The van der Waals surface area contributed by atoms with Gasteiger partial charge in [0.25, 0.3) is 0 Å². The second-order valence-corrected chi connectivity index (χ2v) is 3.84. The summed E-state index contributed by atoms with van der Waals surface area (Å²) in [6, 6.07) is 6.00. The number of anilines is 1. The number of carbonyl (C=O) groups is 2. The van der Waals surface area contributed by atoms with Crippen molar-refractivity contribution in [2.75, 3.05) is 5.32 Å². The van der Waals surface area contributed by atoms with Crippen LogP contribution in [0.25, 0.3) is 11.0 Å². The Morgan fingerprint density at radius 1 is 1.39 bits per heavy atom. The summed E-state index contributed by atoms with van der Waals surface area (Å²) in [6.45, 7) is 0. The quantitative estimate of drug-likeness (QED) is 0.753. The van der Waals surface area contributed by atoms with E-state index in [0.717, 1.165) is 5.39 Å². The second kappa shape index (κ2) is 4.89. The number of nitrogens with two attached hydrogens (primary N) is 1. The summed E-state index contributed by atoms with van der Waals surface area (Å²) in [5.74, 6) is -1.67. The molecule has 18 heavy (non-hydrogen) atoms. The number of hydrogen-bond acceptors (Lipinski definition) is 4. The standard InChI is InChI=1S/C12H12N2O4/c13-8(12(16)17)5-11(15)14-9-6-18-10-4-2-1-3-7(9)10/h1-4,6,8H,5,13H2,(H,14,15)(H,16,17). The lowest BCUT2D eigenvalue weighted by atomic mass is 10.2. The maximum absolute atomic E-state index is 11.6. The average Bonchev–Trinajstić information content (AvgIpc) is 2.72. The normalized spacial score (nSPS) is 12.3. The van der Waals surface area contributed by atoms with Gasteiger partial charge in [-0.15, -0.1) is 0 Å². The van der Waals surface area contributed by atoms with Gasteiger partial charge in [0.15, 0.2) is 0 Å². The lowest BCUT2D eigenvalue weighted by Crippen LogP contribution is -2.34. The predicted molar refractivity (Wildman–Crippen MR) is 65.1 cm³/mol. The van der Waals surface area contributed by atoms with Crippen LogP contribution in [0.3, 0.4) is 0 Å². The molecule has 0 aliphatic carbocycles. The molecule has 4 N–H and O–H groups in total. The van der Waals surface area contributed by atoms with Gasteiger partial charge in [0.1, 0.15) is 17.9 Å². The van der Waals surface area contributed by atoms with Gasteiger partial charge in [-0.2, -0.15) is 0 Å². The van der Waals surface area contributed by atoms with E-state index in [1.165, 1.54) is 6.26 Å². The molecule has 1 aromatic carbocycles. The fourth-order valence-corrected chi connectivity index (χ4v) is 1.56. The number of benzene rings is 1. The third-order valence-corrected chi connectivity index (χ3v) is 2.48. The van der Waals surface area contributed by atoms with Crippen molar-refractivity contribution in [3.63, 3.8) is 0 Å². The first-order valence-electron chi connectivity index (χ1n) is 5.32. The number of aliphatic carboxylic acids is 1. The number of carboxylic acid groups (broad SMARTS) is 1. The number of fused-ring (bicyclic) bond motifs is 1. The number of para-hydroxylation sites is 1. The van der Waals surface area contributed by atoms with Gasteiger partial charge in [-0.1, -0.05) is 12.1 Å². The molecule has 0 fully saturated rings. The smallest absolute Gasteiger partial charge is 0.321 e. The van der Waals surface area contributed by atoms with Gasteiger partial charge >= 0.3 is 5.97 Å². The van der Waals surface area contributed by atoms with E-state index in [-0.39, 0.29) is 6.42 Å². The molecule has 6 heteroatoms. The fourth-order valence-electron chi connectivity index (χ4n) is 1.56. The Labute approximate surface area is 102 Å². The fraction of sp³-hybridized carbons (Fsp3) is 0.167. The monoisotopic (exact) mass is 248 g/mol. The first-order chi connectivity index (χ1) is 8.58. The van der Waals surface area contributed by atoms with Crippen molar-refractivity contribution in [1.82, 2.24) is 0 Å². The number of rotatable bonds is 4. The Morgan fingerprint density at radius 3 is 2.83 bits per heavy atom. The van der Waals surface area contributed by atoms with Crippen molar-refractivity contribution < 1.29 is 19.1 Å². The highest BCUT2D eigenvalue weighted by molar-refractivity contribution is 6.01. The third kappa shape index (κ3) is 2.49. The highest BCUT2D eigenvalue weighted by Crippen LogP contribution is 2.25. The van der Waals surface area contributed by atoms with Crippen molar-refractivity contribution in [1.29, 1.82) is 0 Å². The number of carbonyl (C=O) groups excluding carboxylic acids is 1. The first-order valence-corrected chi connectivity index (χ1v) is 5.32. The summed E-state index contributed by atoms with van der Waals surface area (Å²) in [7, 11) is 0. The molecule has 2 aromatic rings. The molecule has 1 amide bonds. The van der Waals surface area contributed by atoms with E-state index in [0.29, 0.717) is 11.3 Å². The highest BCUT2D eigenvalue weighted by atomic mass is 16.4. The van der Waals surface area contributed by atoms with Gasteiger partial charge < -0.3 is 20.6 Å². The van der Waals surface area contributed by atoms with Crippen molar-refractivity contribution in [3.05, 3.63) is 30.5 Å². The van der Waals surface area contributed by atoms with E-state index >= 15 is 0 Å². The largest absolute Gasteiger partial charge is 0.480 e. The number of carboxylic acids is 1. The molecule has 0 aliphatic heterocycles. The molecule has 94 valence electrons. The van der Waals surface area contributed by atoms with E-state index in [1.54, 1.807) is 12.1 Å². The maximum atomic E-state index is 11.6. The van der Waals surface area contributed by atoms with Gasteiger partial charge in [0.2, 0.25) is 5.91 Å². The molecular weight excluding hydrogens is 236 g/mol. The summed E-state index contributed by atoms with van der Waals surface area (Å²) in [4.78, 5) is 22.1. The van der Waals surface area contributed by atoms with Gasteiger partial charge in [-0.25, -0.2) is 0 Å². The Balaban J connectivity index is 2.10.